The molecule has 0 radical (unpaired) electrons. The largest absolute Gasteiger partial charge is 0.377 e. The van der Waals surface area contributed by atoms with Crippen molar-refractivity contribution in [1.82, 2.24) is 19.7 Å². The third-order valence-electron chi connectivity index (χ3n) is 4.64. The van der Waals surface area contributed by atoms with E-state index in [9.17, 15) is 4.79 Å². The fraction of sp³-hybridized carbons (Fsp3) is 0.333. The molecule has 0 saturated carbocycles. The van der Waals surface area contributed by atoms with Gasteiger partial charge in [0.05, 0.1) is 24.8 Å². The van der Waals surface area contributed by atoms with Gasteiger partial charge in [-0.25, -0.2) is 0 Å². The summed E-state index contributed by atoms with van der Waals surface area (Å²) in [5.41, 5.74) is 3.54. The van der Waals surface area contributed by atoms with Crippen LogP contribution in [0.15, 0.2) is 36.5 Å². The Labute approximate surface area is 140 Å². The van der Waals surface area contributed by atoms with Gasteiger partial charge < -0.3 is 14.2 Å². The van der Waals surface area contributed by atoms with Gasteiger partial charge in [-0.15, -0.1) is 0 Å². The van der Waals surface area contributed by atoms with Crippen molar-refractivity contribution in [1.29, 1.82) is 0 Å². The number of carbonyl (C=O) groups is 1. The molecule has 24 heavy (non-hydrogen) atoms. The number of ether oxygens (including phenoxy) is 1. The molecule has 1 saturated heterocycles. The van der Waals surface area contributed by atoms with E-state index in [-0.39, 0.29) is 11.9 Å². The van der Waals surface area contributed by atoms with Gasteiger partial charge in [-0.2, -0.15) is 5.10 Å². The summed E-state index contributed by atoms with van der Waals surface area (Å²) in [5.74, 6) is -0.0543. The van der Waals surface area contributed by atoms with Crippen LogP contribution in [0.2, 0.25) is 0 Å². The number of nitrogens with zero attached hydrogens (tertiary/aromatic N) is 3. The maximum absolute atomic E-state index is 13.2. The van der Waals surface area contributed by atoms with Gasteiger partial charge in [0.25, 0.3) is 5.91 Å². The summed E-state index contributed by atoms with van der Waals surface area (Å²) in [6.45, 7) is 3.63. The third kappa shape index (κ3) is 2.39. The van der Waals surface area contributed by atoms with E-state index in [2.05, 4.69) is 10.2 Å². The average Bonchev–Trinajstić information content (AvgIpc) is 3.20. The van der Waals surface area contributed by atoms with Gasteiger partial charge in [-0.05, 0) is 31.2 Å². The molecule has 3 aromatic rings. The van der Waals surface area contributed by atoms with Crippen LogP contribution in [0, 0.1) is 6.92 Å². The first-order valence-corrected chi connectivity index (χ1v) is 8.10. The minimum absolute atomic E-state index is 0.0543. The van der Waals surface area contributed by atoms with Crippen molar-refractivity contribution in [3.05, 3.63) is 53.5 Å². The lowest BCUT2D eigenvalue weighted by atomic mass is 10.1. The molecule has 1 aliphatic heterocycles. The fourth-order valence-electron chi connectivity index (χ4n) is 3.34. The highest BCUT2D eigenvalue weighted by Crippen LogP contribution is 2.27. The Bertz CT molecular complexity index is 895. The third-order valence-corrected chi connectivity index (χ3v) is 4.64. The Morgan fingerprint density at radius 2 is 2.25 bits per heavy atom. The van der Waals surface area contributed by atoms with E-state index in [4.69, 9.17) is 4.74 Å². The van der Waals surface area contributed by atoms with Crippen molar-refractivity contribution in [3.8, 4) is 0 Å². The second kappa shape index (κ2) is 5.79. The number of aromatic nitrogens is 3. The summed E-state index contributed by atoms with van der Waals surface area (Å²) < 4.78 is 7.66. The summed E-state index contributed by atoms with van der Waals surface area (Å²) >= 11 is 0. The number of morpholine rings is 1. The molecule has 2 aromatic heterocycles. The molecule has 1 amide bonds. The highest BCUT2D eigenvalue weighted by molar-refractivity contribution is 6.05. The summed E-state index contributed by atoms with van der Waals surface area (Å²) in [5, 5.41) is 8.12. The van der Waals surface area contributed by atoms with Gasteiger partial charge >= 0.3 is 0 Å². The molecule has 4 rings (SSSR count). The SMILES string of the molecule is Cc1ccc2[nH]nc(C(=O)N3CCOC[C@H]3c3cccn3C)c2c1. The Balaban J connectivity index is 1.73. The fourth-order valence-corrected chi connectivity index (χ4v) is 3.34. The molecule has 1 N–H and O–H groups in total. The molecule has 1 atom stereocenters. The highest BCUT2D eigenvalue weighted by Gasteiger charge is 2.32. The van der Waals surface area contributed by atoms with Crippen LogP contribution in [-0.2, 0) is 11.8 Å². The molecule has 0 bridgehead atoms. The van der Waals surface area contributed by atoms with Gasteiger partial charge in [0.1, 0.15) is 0 Å². The lowest BCUT2D eigenvalue weighted by Gasteiger charge is -2.35. The summed E-state index contributed by atoms with van der Waals surface area (Å²) in [4.78, 5) is 15.1. The number of H-pyrrole nitrogens is 1. The maximum atomic E-state index is 13.2. The molecule has 124 valence electrons. The summed E-state index contributed by atoms with van der Waals surface area (Å²) in [6.07, 6.45) is 1.99. The first kappa shape index (κ1) is 15.0. The number of hydrogen-bond donors (Lipinski definition) is 1. The zero-order valence-corrected chi connectivity index (χ0v) is 13.8. The van der Waals surface area contributed by atoms with Gasteiger partial charge in [0.15, 0.2) is 5.69 Å². The second-order valence-corrected chi connectivity index (χ2v) is 6.25. The van der Waals surface area contributed by atoms with Gasteiger partial charge in [0.2, 0.25) is 0 Å². The molecule has 0 spiro atoms. The van der Waals surface area contributed by atoms with E-state index in [0.717, 1.165) is 22.2 Å². The van der Waals surface area contributed by atoms with Crippen LogP contribution in [0.3, 0.4) is 0 Å². The topological polar surface area (TPSA) is 63.1 Å². The quantitative estimate of drug-likeness (QED) is 0.787. The molecule has 1 fully saturated rings. The number of rotatable bonds is 2. The number of carbonyl (C=O) groups excluding carboxylic acids is 1. The number of fused-ring (bicyclic) bond motifs is 1. The van der Waals surface area contributed by atoms with Crippen LogP contribution in [0.25, 0.3) is 10.9 Å². The monoisotopic (exact) mass is 324 g/mol. The van der Waals surface area contributed by atoms with Crippen LogP contribution < -0.4 is 0 Å². The number of aromatic amines is 1. The minimum atomic E-state index is -0.0946. The molecular weight excluding hydrogens is 304 g/mol. The van der Waals surface area contributed by atoms with E-state index < -0.39 is 0 Å². The van der Waals surface area contributed by atoms with E-state index >= 15 is 0 Å². The first-order valence-electron chi connectivity index (χ1n) is 8.10. The van der Waals surface area contributed by atoms with Crippen LogP contribution >= 0.6 is 0 Å². The first-order chi connectivity index (χ1) is 11.6. The standard InChI is InChI=1S/C18H20N4O2/c1-12-5-6-14-13(10-12)17(20-19-14)18(23)22-8-9-24-11-16(22)15-4-3-7-21(15)2/h3-7,10,16H,8-9,11H2,1-2H3,(H,19,20)/t16-/m0/s1. The minimum Gasteiger partial charge on any atom is -0.377 e. The number of amides is 1. The number of aryl methyl sites for hydroxylation is 2. The molecule has 0 unspecified atom stereocenters. The van der Waals surface area contributed by atoms with Crippen LogP contribution in [-0.4, -0.2) is 45.3 Å². The van der Waals surface area contributed by atoms with Gasteiger partial charge in [-0.3, -0.25) is 9.89 Å². The summed E-state index contributed by atoms with van der Waals surface area (Å²) in [6, 6.07) is 9.90. The molecule has 0 aliphatic carbocycles. The van der Waals surface area contributed by atoms with Gasteiger partial charge in [-0.1, -0.05) is 11.6 Å². The lowest BCUT2D eigenvalue weighted by Crippen LogP contribution is -2.44. The Hall–Kier alpha value is -2.60. The zero-order valence-electron chi connectivity index (χ0n) is 13.8. The Kier molecular flexibility index (Phi) is 3.61. The normalized spacial score (nSPS) is 18.2. The predicted octanol–water partition coefficient (Wildman–Crippen LogP) is 2.42. The molecule has 3 heterocycles. The van der Waals surface area contributed by atoms with Crippen molar-refractivity contribution in [2.75, 3.05) is 19.8 Å². The molecular formula is C18H20N4O2. The van der Waals surface area contributed by atoms with Crippen molar-refractivity contribution in [3.63, 3.8) is 0 Å². The van der Waals surface area contributed by atoms with Crippen LogP contribution in [0.4, 0.5) is 0 Å². The smallest absolute Gasteiger partial charge is 0.275 e. The second-order valence-electron chi connectivity index (χ2n) is 6.25. The van der Waals surface area contributed by atoms with Gasteiger partial charge in [0, 0.05) is 30.9 Å². The number of hydrogen-bond acceptors (Lipinski definition) is 3. The van der Waals surface area contributed by atoms with E-state index in [0.29, 0.717) is 25.5 Å². The Morgan fingerprint density at radius 1 is 1.38 bits per heavy atom. The van der Waals surface area contributed by atoms with Crippen LogP contribution in [0.1, 0.15) is 27.8 Å². The zero-order chi connectivity index (χ0) is 16.7. The van der Waals surface area contributed by atoms with Crippen LogP contribution in [0.5, 0.6) is 0 Å². The number of nitrogens with one attached hydrogen (secondary N) is 1. The average molecular weight is 324 g/mol. The Morgan fingerprint density at radius 3 is 3.04 bits per heavy atom. The molecule has 6 heteroatoms. The highest BCUT2D eigenvalue weighted by atomic mass is 16.5. The van der Waals surface area contributed by atoms with Crippen molar-refractivity contribution in [2.24, 2.45) is 7.05 Å². The molecule has 6 nitrogen and oxygen atoms in total. The lowest BCUT2D eigenvalue weighted by molar-refractivity contribution is -0.00484. The van der Waals surface area contributed by atoms with Crippen molar-refractivity contribution >= 4 is 16.8 Å². The van der Waals surface area contributed by atoms with E-state index in [1.165, 1.54) is 0 Å². The predicted molar refractivity (Wildman–Crippen MR) is 90.8 cm³/mol. The molecule has 1 aromatic carbocycles. The van der Waals surface area contributed by atoms with Crippen molar-refractivity contribution in [2.45, 2.75) is 13.0 Å². The molecule has 1 aliphatic rings. The number of benzene rings is 1. The summed E-state index contributed by atoms with van der Waals surface area (Å²) in [7, 11) is 1.99. The van der Waals surface area contributed by atoms with E-state index in [1.54, 1.807) is 0 Å². The van der Waals surface area contributed by atoms with E-state index in [1.807, 2.05) is 60.0 Å². The maximum Gasteiger partial charge on any atom is 0.275 e. The van der Waals surface area contributed by atoms with Crippen molar-refractivity contribution < 1.29 is 9.53 Å².